The van der Waals surface area contributed by atoms with Crippen molar-refractivity contribution in [3.05, 3.63) is 24.3 Å². The molecule has 0 aliphatic carbocycles. The van der Waals surface area contributed by atoms with Crippen LogP contribution in [0.5, 0.6) is 5.75 Å². The Morgan fingerprint density at radius 2 is 2.07 bits per heavy atom. The predicted molar refractivity (Wildman–Crippen MR) is 115 cm³/mol. The lowest BCUT2D eigenvalue weighted by atomic mass is 10.3. The molecular weight excluding hydrogens is 412 g/mol. The Kier molecular flexibility index (Phi) is 9.29. The van der Waals surface area contributed by atoms with Gasteiger partial charge in [0.05, 0.1) is 12.9 Å². The summed E-state index contributed by atoms with van der Waals surface area (Å²) < 4.78 is 31.5. The Morgan fingerprint density at radius 3 is 2.72 bits per heavy atom. The van der Waals surface area contributed by atoms with Gasteiger partial charge >= 0.3 is 0 Å². The van der Waals surface area contributed by atoms with Crippen molar-refractivity contribution in [2.45, 2.75) is 43.9 Å². The zero-order valence-corrected chi connectivity index (χ0v) is 18.8. The highest BCUT2D eigenvalue weighted by Gasteiger charge is 2.27. The van der Waals surface area contributed by atoms with Crippen molar-refractivity contribution in [2.75, 3.05) is 38.2 Å². The van der Waals surface area contributed by atoms with E-state index in [4.69, 9.17) is 4.74 Å². The van der Waals surface area contributed by atoms with E-state index in [2.05, 4.69) is 0 Å². The van der Waals surface area contributed by atoms with Crippen molar-refractivity contribution in [3.8, 4) is 5.75 Å². The first-order valence-electron chi connectivity index (χ1n) is 9.96. The number of carbonyl (C=O) groups is 2. The van der Waals surface area contributed by atoms with E-state index in [-0.39, 0.29) is 24.6 Å². The molecule has 0 saturated carbocycles. The van der Waals surface area contributed by atoms with E-state index in [0.29, 0.717) is 38.1 Å². The number of sulfonamides is 1. The van der Waals surface area contributed by atoms with Crippen LogP contribution in [0.4, 0.5) is 0 Å². The molecule has 0 N–H and O–H groups in total. The minimum atomic E-state index is -3.64. The fraction of sp³-hybridized carbons (Fsp3) is 0.600. The van der Waals surface area contributed by atoms with Crippen molar-refractivity contribution < 1.29 is 22.7 Å². The van der Waals surface area contributed by atoms with Crippen LogP contribution >= 0.6 is 11.8 Å². The maximum atomic E-state index is 12.7. The van der Waals surface area contributed by atoms with Gasteiger partial charge in [-0.25, -0.2) is 12.7 Å². The van der Waals surface area contributed by atoms with Gasteiger partial charge in [0.15, 0.2) is 0 Å². The Balaban J connectivity index is 1.93. The molecule has 1 aliphatic heterocycles. The van der Waals surface area contributed by atoms with E-state index in [1.165, 1.54) is 11.8 Å². The summed E-state index contributed by atoms with van der Waals surface area (Å²) in [6, 6.07) is 7.52. The van der Waals surface area contributed by atoms with Crippen LogP contribution in [0, 0.1) is 0 Å². The van der Waals surface area contributed by atoms with Crippen LogP contribution in [0.3, 0.4) is 0 Å². The predicted octanol–water partition coefficient (Wildman–Crippen LogP) is 2.76. The summed E-state index contributed by atoms with van der Waals surface area (Å²) in [7, 11) is -2.05. The summed E-state index contributed by atoms with van der Waals surface area (Å²) in [5, 5.41) is 0. The first-order valence-corrected chi connectivity index (χ1v) is 12.6. The minimum Gasteiger partial charge on any atom is -0.496 e. The van der Waals surface area contributed by atoms with Crippen LogP contribution in [0.1, 0.15) is 39.0 Å². The van der Waals surface area contributed by atoms with E-state index in [1.807, 2.05) is 24.3 Å². The highest BCUT2D eigenvalue weighted by Crippen LogP contribution is 2.29. The normalized spacial score (nSPS) is 14.3. The van der Waals surface area contributed by atoms with Gasteiger partial charge in [-0.15, -0.1) is 11.8 Å². The number of hydrogen-bond acceptors (Lipinski definition) is 6. The van der Waals surface area contributed by atoms with Crippen molar-refractivity contribution in [2.24, 2.45) is 0 Å². The Bertz CT molecular complexity index is 798. The Hall–Kier alpha value is -1.74. The number of methoxy groups -OCH3 is 1. The summed E-state index contributed by atoms with van der Waals surface area (Å²) in [6.45, 7) is 3.09. The lowest BCUT2D eigenvalue weighted by Crippen LogP contribution is -2.40. The number of nitrogens with zero attached hydrogens (tertiary/aromatic N) is 2. The highest BCUT2D eigenvalue weighted by molar-refractivity contribution is 7.99. The summed E-state index contributed by atoms with van der Waals surface area (Å²) in [4.78, 5) is 27.1. The molecule has 29 heavy (non-hydrogen) atoms. The third-order valence-corrected chi connectivity index (χ3v) is 7.72. The van der Waals surface area contributed by atoms with Crippen molar-refractivity contribution in [3.63, 3.8) is 0 Å². The second kappa shape index (κ2) is 11.4. The van der Waals surface area contributed by atoms with Gasteiger partial charge < -0.3 is 9.64 Å². The molecular formula is C20H30N2O5S2. The van der Waals surface area contributed by atoms with Gasteiger partial charge in [0.1, 0.15) is 5.75 Å². The quantitative estimate of drug-likeness (QED) is 0.463. The second-order valence-corrected chi connectivity index (χ2v) is 10.0. The van der Waals surface area contributed by atoms with E-state index in [1.54, 1.807) is 18.9 Å². The Labute approximate surface area is 177 Å². The first-order chi connectivity index (χ1) is 13.9. The third kappa shape index (κ3) is 6.92. The highest BCUT2D eigenvalue weighted by atomic mass is 32.2. The summed E-state index contributed by atoms with van der Waals surface area (Å²) in [6.07, 6.45) is 2.42. The fourth-order valence-corrected chi connectivity index (χ4v) is 5.75. The first kappa shape index (κ1) is 23.5. The Morgan fingerprint density at radius 1 is 1.31 bits per heavy atom. The average molecular weight is 443 g/mol. The molecule has 2 amide bonds. The molecule has 7 nitrogen and oxygen atoms in total. The molecule has 0 radical (unpaired) electrons. The largest absolute Gasteiger partial charge is 0.496 e. The van der Waals surface area contributed by atoms with Crippen LogP contribution in [-0.4, -0.2) is 67.7 Å². The number of thioether (sulfide) groups is 1. The molecule has 1 aliphatic rings. The van der Waals surface area contributed by atoms with Crippen LogP contribution in [0.2, 0.25) is 0 Å². The standard InChI is InChI=1S/C20H30N2O5S2/c1-3-16-29(25,26)22(14-7-13-21-12-6-10-19(21)23)20(24)11-15-28-18-9-5-4-8-17(18)27-2/h4-5,8-9H,3,6-7,10-16H2,1-2H3. The van der Waals surface area contributed by atoms with Gasteiger partial charge in [-0.3, -0.25) is 9.59 Å². The van der Waals surface area contributed by atoms with E-state index in [9.17, 15) is 18.0 Å². The number of amides is 2. The molecule has 1 heterocycles. The van der Waals surface area contributed by atoms with Crippen LogP contribution in [0.15, 0.2) is 29.2 Å². The second-order valence-electron chi connectivity index (χ2n) is 6.87. The monoisotopic (exact) mass is 442 g/mol. The van der Waals surface area contributed by atoms with Gasteiger partial charge in [-0.2, -0.15) is 0 Å². The van der Waals surface area contributed by atoms with Crippen LogP contribution in [-0.2, 0) is 19.6 Å². The van der Waals surface area contributed by atoms with Crippen molar-refractivity contribution in [1.29, 1.82) is 0 Å². The number of likely N-dealkylation sites (tertiary alicyclic amines) is 1. The number of benzene rings is 1. The molecule has 0 unspecified atom stereocenters. The number of ether oxygens (including phenoxy) is 1. The lowest BCUT2D eigenvalue weighted by Gasteiger charge is -2.24. The molecule has 162 valence electrons. The molecule has 2 rings (SSSR count). The number of carbonyl (C=O) groups excluding carboxylic acids is 2. The molecule has 1 saturated heterocycles. The van der Waals surface area contributed by atoms with Gasteiger partial charge in [-0.05, 0) is 31.4 Å². The third-order valence-electron chi connectivity index (χ3n) is 4.68. The number of hydrogen-bond donors (Lipinski definition) is 0. The smallest absolute Gasteiger partial charge is 0.237 e. The van der Waals surface area contributed by atoms with Gasteiger partial charge in [0, 0.05) is 43.1 Å². The van der Waals surface area contributed by atoms with E-state index >= 15 is 0 Å². The molecule has 1 fully saturated rings. The lowest BCUT2D eigenvalue weighted by molar-refractivity contribution is -0.127. The molecule has 1 aromatic carbocycles. The van der Waals surface area contributed by atoms with Crippen molar-refractivity contribution >= 4 is 33.6 Å². The van der Waals surface area contributed by atoms with Gasteiger partial charge in [-0.1, -0.05) is 19.1 Å². The molecule has 9 heteroatoms. The average Bonchev–Trinajstić information content (AvgIpc) is 3.10. The topological polar surface area (TPSA) is 84.0 Å². The SMILES string of the molecule is CCCS(=O)(=O)N(CCCN1CCCC1=O)C(=O)CCSc1ccccc1OC. The van der Waals surface area contributed by atoms with Crippen molar-refractivity contribution in [1.82, 2.24) is 9.21 Å². The summed E-state index contributed by atoms with van der Waals surface area (Å²) in [5.41, 5.74) is 0. The van der Waals surface area contributed by atoms with Gasteiger partial charge in [0.25, 0.3) is 0 Å². The maximum absolute atomic E-state index is 12.7. The van der Waals surface area contributed by atoms with E-state index < -0.39 is 15.9 Å². The zero-order valence-electron chi connectivity index (χ0n) is 17.1. The minimum absolute atomic E-state index is 0.0545. The molecule has 0 atom stereocenters. The molecule has 0 aromatic heterocycles. The number of rotatable bonds is 12. The maximum Gasteiger partial charge on any atom is 0.237 e. The molecule has 0 bridgehead atoms. The number of para-hydroxylation sites is 1. The van der Waals surface area contributed by atoms with Crippen LogP contribution in [0.25, 0.3) is 0 Å². The molecule has 1 aromatic rings. The molecule has 0 spiro atoms. The summed E-state index contributed by atoms with van der Waals surface area (Å²) in [5.74, 6) is 0.847. The fourth-order valence-electron chi connectivity index (χ4n) is 3.24. The van der Waals surface area contributed by atoms with E-state index in [0.717, 1.165) is 21.4 Å². The van der Waals surface area contributed by atoms with Crippen LogP contribution < -0.4 is 4.74 Å². The zero-order chi connectivity index (χ0) is 21.3. The summed E-state index contributed by atoms with van der Waals surface area (Å²) >= 11 is 1.47. The van der Waals surface area contributed by atoms with Gasteiger partial charge in [0.2, 0.25) is 21.8 Å².